The SMILES string of the molecule is O=CC(=O)C(CC1CCCC1)NC(=O)C(CC1CC1)NC(=O)/C=C/c1ccc(Cl)cc1F. The summed E-state index contributed by atoms with van der Waals surface area (Å²) in [6.45, 7) is 0. The fourth-order valence-corrected chi connectivity index (χ4v) is 4.28. The Morgan fingerprint density at radius 3 is 2.31 bits per heavy atom. The van der Waals surface area contributed by atoms with E-state index in [1.54, 1.807) is 0 Å². The minimum atomic E-state index is -0.875. The average molecular weight is 463 g/mol. The minimum absolute atomic E-state index is 0.195. The third-order valence-corrected chi connectivity index (χ3v) is 6.33. The standard InChI is InChI=1S/C24H28ClFN2O4/c25-18-9-7-17(19(26)13-18)8-10-23(31)27-21(12-16-5-6-16)24(32)28-20(22(30)14-29)11-15-3-1-2-4-15/h7-10,13-16,20-21H,1-6,11-12H2,(H,27,31)(H,28,32)/b10-8+. The molecule has 0 bridgehead atoms. The van der Waals surface area contributed by atoms with Gasteiger partial charge in [-0.2, -0.15) is 0 Å². The Bertz CT molecular complexity index is 894. The van der Waals surface area contributed by atoms with E-state index in [1.165, 1.54) is 18.2 Å². The second kappa shape index (κ2) is 11.4. The molecule has 1 aromatic rings. The first-order chi connectivity index (χ1) is 15.4. The molecule has 0 heterocycles. The fraction of sp³-hybridized carbons (Fsp3) is 0.500. The van der Waals surface area contributed by atoms with E-state index in [0.29, 0.717) is 24.7 Å². The monoisotopic (exact) mass is 462 g/mol. The highest BCUT2D eigenvalue weighted by Gasteiger charge is 2.33. The molecule has 3 rings (SSSR count). The Kier molecular flexibility index (Phi) is 8.56. The molecule has 172 valence electrons. The number of carbonyl (C=O) groups is 4. The van der Waals surface area contributed by atoms with Gasteiger partial charge < -0.3 is 10.6 Å². The Hall–Kier alpha value is -2.54. The summed E-state index contributed by atoms with van der Waals surface area (Å²) in [4.78, 5) is 48.5. The average Bonchev–Trinajstić information content (AvgIpc) is 3.43. The lowest BCUT2D eigenvalue weighted by molar-refractivity contribution is -0.134. The largest absolute Gasteiger partial charge is 0.344 e. The molecule has 2 amide bonds. The third-order valence-electron chi connectivity index (χ3n) is 6.10. The molecule has 0 aromatic heterocycles. The minimum Gasteiger partial charge on any atom is -0.344 e. The van der Waals surface area contributed by atoms with Crippen LogP contribution in [0.2, 0.25) is 5.02 Å². The first-order valence-corrected chi connectivity index (χ1v) is 11.5. The summed E-state index contributed by atoms with van der Waals surface area (Å²) in [5.74, 6) is -1.60. The van der Waals surface area contributed by atoms with Crippen molar-refractivity contribution in [3.05, 3.63) is 40.7 Å². The molecule has 2 saturated carbocycles. The van der Waals surface area contributed by atoms with Gasteiger partial charge in [0.1, 0.15) is 11.9 Å². The van der Waals surface area contributed by atoms with Crippen molar-refractivity contribution in [2.45, 2.75) is 63.5 Å². The van der Waals surface area contributed by atoms with Crippen LogP contribution in [0, 0.1) is 17.7 Å². The molecule has 1 aromatic carbocycles. The van der Waals surface area contributed by atoms with Crippen molar-refractivity contribution < 1.29 is 23.6 Å². The van der Waals surface area contributed by atoms with E-state index in [1.807, 2.05) is 0 Å². The van der Waals surface area contributed by atoms with Gasteiger partial charge in [0.25, 0.3) is 0 Å². The summed E-state index contributed by atoms with van der Waals surface area (Å²) in [6, 6.07) is 2.41. The third kappa shape index (κ3) is 7.26. The number of Topliss-reactive ketones (excluding diaryl/α,β-unsaturated/α-hetero) is 1. The van der Waals surface area contributed by atoms with Gasteiger partial charge in [-0.1, -0.05) is 56.2 Å². The number of hydrogen-bond acceptors (Lipinski definition) is 4. The number of ketones is 1. The van der Waals surface area contributed by atoms with E-state index in [0.717, 1.165) is 50.7 Å². The van der Waals surface area contributed by atoms with Crippen LogP contribution in [0.25, 0.3) is 6.08 Å². The second-order valence-corrected chi connectivity index (χ2v) is 9.14. The number of amides is 2. The highest BCUT2D eigenvalue weighted by atomic mass is 35.5. The number of rotatable bonds is 11. The Labute approximate surface area is 192 Å². The Balaban J connectivity index is 1.63. The van der Waals surface area contributed by atoms with Gasteiger partial charge in [-0.05, 0) is 42.9 Å². The molecule has 2 atom stereocenters. The summed E-state index contributed by atoms with van der Waals surface area (Å²) in [5.41, 5.74) is 0.195. The number of carbonyl (C=O) groups excluding carboxylic acids is 4. The maximum atomic E-state index is 13.9. The second-order valence-electron chi connectivity index (χ2n) is 8.71. The summed E-state index contributed by atoms with van der Waals surface area (Å²) >= 11 is 5.73. The zero-order valence-electron chi connectivity index (χ0n) is 17.8. The van der Waals surface area contributed by atoms with Crippen LogP contribution in [0.4, 0.5) is 4.39 Å². The van der Waals surface area contributed by atoms with Crippen LogP contribution in [0.5, 0.6) is 0 Å². The van der Waals surface area contributed by atoms with Crippen molar-refractivity contribution in [2.24, 2.45) is 11.8 Å². The molecule has 2 N–H and O–H groups in total. The molecular formula is C24H28ClFN2O4. The van der Waals surface area contributed by atoms with Crippen LogP contribution in [-0.2, 0) is 19.2 Å². The number of nitrogens with one attached hydrogen (secondary N) is 2. The molecule has 2 aliphatic rings. The van der Waals surface area contributed by atoms with Gasteiger partial charge in [-0.3, -0.25) is 19.2 Å². The maximum Gasteiger partial charge on any atom is 0.244 e. The van der Waals surface area contributed by atoms with E-state index in [2.05, 4.69) is 10.6 Å². The van der Waals surface area contributed by atoms with Crippen LogP contribution in [0.15, 0.2) is 24.3 Å². The van der Waals surface area contributed by atoms with Gasteiger partial charge in [0.2, 0.25) is 17.6 Å². The Morgan fingerprint density at radius 1 is 1.03 bits per heavy atom. The smallest absolute Gasteiger partial charge is 0.244 e. The van der Waals surface area contributed by atoms with Crippen molar-refractivity contribution in [1.29, 1.82) is 0 Å². The van der Waals surface area contributed by atoms with Crippen LogP contribution >= 0.6 is 11.6 Å². The van der Waals surface area contributed by atoms with Crippen molar-refractivity contribution in [2.75, 3.05) is 0 Å². The number of hydrogen-bond donors (Lipinski definition) is 2. The van der Waals surface area contributed by atoms with Gasteiger partial charge >= 0.3 is 0 Å². The van der Waals surface area contributed by atoms with Gasteiger partial charge in [-0.15, -0.1) is 0 Å². The van der Waals surface area contributed by atoms with Crippen LogP contribution < -0.4 is 10.6 Å². The molecule has 8 heteroatoms. The summed E-state index contributed by atoms with van der Waals surface area (Å²) in [5, 5.41) is 5.60. The van der Waals surface area contributed by atoms with Crippen molar-refractivity contribution in [1.82, 2.24) is 10.6 Å². The van der Waals surface area contributed by atoms with E-state index in [9.17, 15) is 23.6 Å². The van der Waals surface area contributed by atoms with E-state index < -0.39 is 35.5 Å². The highest BCUT2D eigenvalue weighted by molar-refractivity contribution is 6.30. The molecule has 0 aliphatic heterocycles. The van der Waals surface area contributed by atoms with Crippen molar-refractivity contribution in [3.8, 4) is 0 Å². The van der Waals surface area contributed by atoms with Gasteiger partial charge in [0.05, 0.1) is 6.04 Å². The summed E-state index contributed by atoms with van der Waals surface area (Å²) < 4.78 is 13.9. The highest BCUT2D eigenvalue weighted by Crippen LogP contribution is 2.34. The Morgan fingerprint density at radius 2 is 1.69 bits per heavy atom. The first-order valence-electron chi connectivity index (χ1n) is 11.1. The first kappa shape index (κ1) is 24.1. The molecule has 6 nitrogen and oxygen atoms in total. The van der Waals surface area contributed by atoms with E-state index >= 15 is 0 Å². The lowest BCUT2D eigenvalue weighted by Crippen LogP contribution is -2.52. The molecule has 2 fully saturated rings. The lowest BCUT2D eigenvalue weighted by atomic mass is 9.95. The van der Waals surface area contributed by atoms with Gasteiger partial charge in [-0.25, -0.2) is 4.39 Å². The zero-order valence-corrected chi connectivity index (χ0v) is 18.6. The quantitative estimate of drug-likeness (QED) is 0.298. The predicted molar refractivity (Wildman–Crippen MR) is 119 cm³/mol. The molecule has 0 spiro atoms. The van der Waals surface area contributed by atoms with Crippen molar-refractivity contribution in [3.63, 3.8) is 0 Å². The topological polar surface area (TPSA) is 92.3 Å². The molecule has 32 heavy (non-hydrogen) atoms. The van der Waals surface area contributed by atoms with Crippen LogP contribution in [0.1, 0.15) is 56.9 Å². The van der Waals surface area contributed by atoms with Gasteiger partial charge in [0, 0.05) is 16.7 Å². The van der Waals surface area contributed by atoms with Crippen LogP contribution in [0.3, 0.4) is 0 Å². The molecule has 0 saturated heterocycles. The zero-order chi connectivity index (χ0) is 23.1. The van der Waals surface area contributed by atoms with Crippen LogP contribution in [-0.4, -0.2) is 36.0 Å². The molecule has 2 unspecified atom stereocenters. The molecule has 2 aliphatic carbocycles. The van der Waals surface area contributed by atoms with Gasteiger partial charge in [0.15, 0.2) is 6.29 Å². The van der Waals surface area contributed by atoms with E-state index in [-0.39, 0.29) is 16.9 Å². The number of aldehydes is 1. The lowest BCUT2D eigenvalue weighted by Gasteiger charge is -2.23. The predicted octanol–water partition coefficient (Wildman–Crippen LogP) is 3.61. The maximum absolute atomic E-state index is 13.9. The summed E-state index contributed by atoms with van der Waals surface area (Å²) in [7, 11) is 0. The van der Waals surface area contributed by atoms with Crippen molar-refractivity contribution >= 4 is 41.6 Å². The summed E-state index contributed by atoms with van der Waals surface area (Å²) in [6.07, 6.45) is 9.68. The molecule has 0 radical (unpaired) electrons. The number of halogens is 2. The fourth-order valence-electron chi connectivity index (χ4n) is 4.12. The van der Waals surface area contributed by atoms with E-state index in [4.69, 9.17) is 11.6 Å². The number of benzene rings is 1. The molecular weight excluding hydrogens is 435 g/mol. The normalized spacial score (nSPS) is 18.3.